The first-order chi connectivity index (χ1) is 13.8. The lowest BCUT2D eigenvalue weighted by molar-refractivity contribution is 0.0946. The zero-order valence-electron chi connectivity index (χ0n) is 16.4. The molecule has 0 radical (unpaired) electrons. The molecule has 7 nitrogen and oxygen atoms in total. The Bertz CT molecular complexity index is 1180. The molecule has 1 N–H and O–H groups in total. The topological polar surface area (TPSA) is 86.0 Å². The minimum absolute atomic E-state index is 0.185. The van der Waals surface area contributed by atoms with E-state index >= 15 is 0 Å². The van der Waals surface area contributed by atoms with Gasteiger partial charge in [0.05, 0.1) is 12.2 Å². The lowest BCUT2D eigenvalue weighted by Crippen LogP contribution is -2.46. The molecule has 29 heavy (non-hydrogen) atoms. The molecule has 0 aliphatic carbocycles. The van der Waals surface area contributed by atoms with Crippen molar-refractivity contribution in [2.24, 2.45) is 0 Å². The van der Waals surface area contributed by atoms with Crippen molar-refractivity contribution in [2.45, 2.75) is 27.3 Å². The Morgan fingerprint density at radius 2 is 1.79 bits per heavy atom. The molecule has 0 saturated heterocycles. The van der Waals surface area contributed by atoms with Gasteiger partial charge in [-0.05, 0) is 61.7 Å². The van der Waals surface area contributed by atoms with Crippen LogP contribution in [0.25, 0.3) is 5.69 Å². The predicted molar refractivity (Wildman–Crippen MR) is 107 cm³/mol. The number of amides is 1. The van der Waals surface area contributed by atoms with Gasteiger partial charge in [-0.25, -0.2) is 9.18 Å². The van der Waals surface area contributed by atoms with E-state index in [1.807, 2.05) is 19.9 Å². The summed E-state index contributed by atoms with van der Waals surface area (Å²) in [7, 11) is 0. The van der Waals surface area contributed by atoms with E-state index in [-0.39, 0.29) is 6.54 Å². The Morgan fingerprint density at radius 3 is 2.41 bits per heavy atom. The van der Waals surface area contributed by atoms with Crippen molar-refractivity contribution in [2.75, 3.05) is 6.54 Å². The summed E-state index contributed by atoms with van der Waals surface area (Å²) < 4.78 is 15.5. The highest BCUT2D eigenvalue weighted by molar-refractivity contribution is 5.91. The maximum atomic E-state index is 13.6. The smallest absolute Gasteiger partial charge is 0.351 e. The van der Waals surface area contributed by atoms with Gasteiger partial charge in [0.25, 0.3) is 11.5 Å². The number of benzene rings is 2. The van der Waals surface area contributed by atoms with Crippen molar-refractivity contribution in [3.05, 3.63) is 91.5 Å². The SMILES string of the molecule is CCNC(=O)c1nn(-c2cc(C)cc(C)c2)c(=O)n(Cc2cccc(F)c2)c1=O. The number of rotatable bonds is 5. The summed E-state index contributed by atoms with van der Waals surface area (Å²) in [6.45, 7) is 5.56. The van der Waals surface area contributed by atoms with Crippen LogP contribution in [0.15, 0.2) is 52.1 Å². The quantitative estimate of drug-likeness (QED) is 0.714. The largest absolute Gasteiger partial charge is 0.352 e. The van der Waals surface area contributed by atoms with E-state index in [9.17, 15) is 18.8 Å². The average molecular weight is 396 g/mol. The Balaban J connectivity index is 2.26. The van der Waals surface area contributed by atoms with Gasteiger partial charge in [0.2, 0.25) is 5.69 Å². The first-order valence-electron chi connectivity index (χ1n) is 9.15. The first-order valence-corrected chi connectivity index (χ1v) is 9.15. The standard InChI is InChI=1S/C21H21FN4O3/c1-4-23-19(27)18-20(28)25(12-15-6-5-7-16(22)11-15)21(29)26(24-18)17-9-13(2)8-14(3)10-17/h5-11H,4,12H2,1-3H3,(H,23,27). The number of carbonyl (C=O) groups is 1. The summed E-state index contributed by atoms with van der Waals surface area (Å²) in [4.78, 5) is 38.3. The molecule has 150 valence electrons. The molecule has 0 aliphatic rings. The number of aryl methyl sites for hydroxylation is 2. The summed E-state index contributed by atoms with van der Waals surface area (Å²) in [5, 5.41) is 6.58. The Hall–Kier alpha value is -3.55. The maximum Gasteiger partial charge on any atom is 0.352 e. The van der Waals surface area contributed by atoms with Gasteiger partial charge >= 0.3 is 5.69 Å². The normalized spacial score (nSPS) is 10.8. The van der Waals surface area contributed by atoms with E-state index in [0.29, 0.717) is 17.8 Å². The van der Waals surface area contributed by atoms with Gasteiger partial charge in [0, 0.05) is 6.54 Å². The van der Waals surface area contributed by atoms with Gasteiger partial charge in [-0.3, -0.25) is 14.2 Å². The molecule has 3 aromatic rings. The Morgan fingerprint density at radius 1 is 1.10 bits per heavy atom. The van der Waals surface area contributed by atoms with Crippen LogP contribution in [0.5, 0.6) is 0 Å². The van der Waals surface area contributed by atoms with Crippen LogP contribution < -0.4 is 16.6 Å². The molecule has 3 rings (SSSR count). The highest BCUT2D eigenvalue weighted by Gasteiger charge is 2.20. The monoisotopic (exact) mass is 396 g/mol. The van der Waals surface area contributed by atoms with Crippen LogP contribution in [0.2, 0.25) is 0 Å². The van der Waals surface area contributed by atoms with Gasteiger partial charge in [-0.1, -0.05) is 18.2 Å². The first kappa shape index (κ1) is 20.2. The van der Waals surface area contributed by atoms with Gasteiger partial charge in [0.15, 0.2) is 0 Å². The van der Waals surface area contributed by atoms with Crippen LogP contribution in [0.4, 0.5) is 4.39 Å². The third-order valence-electron chi connectivity index (χ3n) is 4.29. The van der Waals surface area contributed by atoms with E-state index in [1.165, 1.54) is 18.2 Å². The highest BCUT2D eigenvalue weighted by Crippen LogP contribution is 2.11. The van der Waals surface area contributed by atoms with Crippen molar-refractivity contribution in [1.29, 1.82) is 0 Å². The second kappa shape index (κ2) is 8.22. The van der Waals surface area contributed by atoms with E-state index in [2.05, 4.69) is 10.4 Å². The van der Waals surface area contributed by atoms with Gasteiger partial charge in [-0.2, -0.15) is 9.78 Å². The van der Waals surface area contributed by atoms with Crippen LogP contribution >= 0.6 is 0 Å². The number of nitrogens with zero attached hydrogens (tertiary/aromatic N) is 3. The number of carbonyl (C=O) groups excluding carboxylic acids is 1. The molecule has 1 aromatic heterocycles. The molecule has 8 heteroatoms. The molecule has 0 atom stereocenters. The van der Waals surface area contributed by atoms with Crippen molar-refractivity contribution in [3.63, 3.8) is 0 Å². The fourth-order valence-corrected chi connectivity index (χ4v) is 3.10. The molecule has 0 saturated carbocycles. The maximum absolute atomic E-state index is 13.6. The fraction of sp³-hybridized carbons (Fsp3) is 0.238. The van der Waals surface area contributed by atoms with Crippen molar-refractivity contribution in [1.82, 2.24) is 19.7 Å². The number of hydrogen-bond acceptors (Lipinski definition) is 4. The Kier molecular flexibility index (Phi) is 5.72. The van der Waals surface area contributed by atoms with Crippen LogP contribution in [-0.2, 0) is 6.54 Å². The molecule has 0 bridgehead atoms. The highest BCUT2D eigenvalue weighted by atomic mass is 19.1. The lowest BCUT2D eigenvalue weighted by Gasteiger charge is -2.13. The molecular formula is C21H21FN4O3. The van der Waals surface area contributed by atoms with Crippen LogP contribution in [0, 0.1) is 19.7 Å². The molecule has 0 aliphatic heterocycles. The van der Waals surface area contributed by atoms with Gasteiger partial charge < -0.3 is 5.32 Å². The van der Waals surface area contributed by atoms with Gasteiger partial charge in [-0.15, -0.1) is 0 Å². The van der Waals surface area contributed by atoms with Crippen LogP contribution in [0.3, 0.4) is 0 Å². The van der Waals surface area contributed by atoms with Crippen molar-refractivity contribution < 1.29 is 9.18 Å². The van der Waals surface area contributed by atoms with Crippen LogP contribution in [-0.4, -0.2) is 26.8 Å². The fourth-order valence-electron chi connectivity index (χ4n) is 3.10. The third-order valence-corrected chi connectivity index (χ3v) is 4.29. The zero-order chi connectivity index (χ0) is 21.1. The second-order valence-corrected chi connectivity index (χ2v) is 6.77. The molecule has 1 amide bonds. The molecule has 2 aromatic carbocycles. The summed E-state index contributed by atoms with van der Waals surface area (Å²) in [6, 6.07) is 11.0. The van der Waals surface area contributed by atoms with Crippen LogP contribution in [0.1, 0.15) is 34.1 Å². The number of hydrogen-bond donors (Lipinski definition) is 1. The number of aromatic nitrogens is 3. The second-order valence-electron chi connectivity index (χ2n) is 6.77. The van der Waals surface area contributed by atoms with Gasteiger partial charge in [0.1, 0.15) is 5.82 Å². The minimum atomic E-state index is -0.828. The summed E-state index contributed by atoms with van der Waals surface area (Å²) in [5.74, 6) is -1.16. The molecule has 0 spiro atoms. The van der Waals surface area contributed by atoms with Crippen molar-refractivity contribution in [3.8, 4) is 5.69 Å². The zero-order valence-corrected chi connectivity index (χ0v) is 16.4. The van der Waals surface area contributed by atoms with E-state index in [1.54, 1.807) is 25.1 Å². The van der Waals surface area contributed by atoms with Crippen molar-refractivity contribution >= 4 is 5.91 Å². The predicted octanol–water partition coefficient (Wildman–Crippen LogP) is 1.95. The third kappa shape index (κ3) is 4.31. The Labute approximate surface area is 166 Å². The van der Waals surface area contributed by atoms with E-state index < -0.39 is 28.7 Å². The minimum Gasteiger partial charge on any atom is -0.351 e. The summed E-state index contributed by atoms with van der Waals surface area (Å²) in [6.07, 6.45) is 0. The number of halogens is 1. The lowest BCUT2D eigenvalue weighted by atomic mass is 10.1. The summed E-state index contributed by atoms with van der Waals surface area (Å²) >= 11 is 0. The molecular weight excluding hydrogens is 375 g/mol. The molecule has 0 unspecified atom stereocenters. The molecule has 1 heterocycles. The van der Waals surface area contributed by atoms with E-state index in [0.717, 1.165) is 20.4 Å². The number of nitrogens with one attached hydrogen (secondary N) is 1. The average Bonchev–Trinajstić information content (AvgIpc) is 2.64. The molecule has 0 fully saturated rings. The van der Waals surface area contributed by atoms with E-state index in [4.69, 9.17) is 0 Å². The summed E-state index contributed by atoms with van der Waals surface area (Å²) in [5.41, 5.74) is 0.715.